The third kappa shape index (κ3) is 1.81. The van der Waals surface area contributed by atoms with Crippen LogP contribution in [0.4, 0.5) is 0 Å². The van der Waals surface area contributed by atoms with Gasteiger partial charge in [0.2, 0.25) is 0 Å². The van der Waals surface area contributed by atoms with Crippen molar-refractivity contribution in [1.82, 2.24) is 0 Å². The van der Waals surface area contributed by atoms with Crippen molar-refractivity contribution in [2.24, 2.45) is 5.73 Å². The van der Waals surface area contributed by atoms with Gasteiger partial charge in [-0.1, -0.05) is 6.07 Å². The summed E-state index contributed by atoms with van der Waals surface area (Å²) >= 11 is 0. The van der Waals surface area contributed by atoms with Crippen molar-refractivity contribution in [1.29, 1.82) is 0 Å². The predicted octanol–water partition coefficient (Wildman–Crippen LogP) is 1.91. The zero-order chi connectivity index (χ0) is 10.9. The van der Waals surface area contributed by atoms with E-state index in [0.717, 1.165) is 5.56 Å². The van der Waals surface area contributed by atoms with Crippen LogP contribution in [-0.2, 0) is 0 Å². The van der Waals surface area contributed by atoms with Crippen LogP contribution < -0.4 is 5.73 Å². The molecular formula is C12H19NO. The molecule has 0 aliphatic rings. The van der Waals surface area contributed by atoms with Gasteiger partial charge in [-0.3, -0.25) is 0 Å². The molecule has 2 heteroatoms. The SMILES string of the molecule is Cc1cc(C)c(C)c(C(N)CO)c1C. The average Bonchev–Trinajstić information content (AvgIpc) is 2.15. The quantitative estimate of drug-likeness (QED) is 0.753. The second-order valence-electron chi connectivity index (χ2n) is 3.96. The summed E-state index contributed by atoms with van der Waals surface area (Å²) in [6, 6.07) is 1.91. The molecular weight excluding hydrogens is 174 g/mol. The molecule has 0 saturated heterocycles. The zero-order valence-electron chi connectivity index (χ0n) is 9.39. The predicted molar refractivity (Wildman–Crippen MR) is 59.4 cm³/mol. The van der Waals surface area contributed by atoms with E-state index in [1.54, 1.807) is 0 Å². The van der Waals surface area contributed by atoms with Crippen LogP contribution in [-0.4, -0.2) is 11.7 Å². The van der Waals surface area contributed by atoms with Crippen LogP contribution in [0.5, 0.6) is 0 Å². The van der Waals surface area contributed by atoms with Crippen LogP contribution in [0.2, 0.25) is 0 Å². The Morgan fingerprint density at radius 3 is 1.93 bits per heavy atom. The van der Waals surface area contributed by atoms with Crippen molar-refractivity contribution in [3.05, 3.63) is 33.9 Å². The fourth-order valence-electron chi connectivity index (χ4n) is 1.89. The minimum atomic E-state index is -0.256. The fraction of sp³-hybridized carbons (Fsp3) is 0.500. The highest BCUT2D eigenvalue weighted by molar-refractivity contribution is 5.45. The van der Waals surface area contributed by atoms with Crippen LogP contribution in [0.3, 0.4) is 0 Å². The summed E-state index contributed by atoms with van der Waals surface area (Å²) in [5.74, 6) is 0. The second kappa shape index (κ2) is 4.11. The van der Waals surface area contributed by atoms with Gasteiger partial charge in [-0.05, 0) is 55.5 Å². The topological polar surface area (TPSA) is 46.2 Å². The van der Waals surface area contributed by atoms with E-state index >= 15 is 0 Å². The van der Waals surface area contributed by atoms with E-state index in [1.165, 1.54) is 22.3 Å². The van der Waals surface area contributed by atoms with Crippen molar-refractivity contribution in [2.75, 3.05) is 6.61 Å². The van der Waals surface area contributed by atoms with Crippen molar-refractivity contribution in [2.45, 2.75) is 33.7 Å². The molecule has 0 radical (unpaired) electrons. The molecule has 0 aliphatic carbocycles. The molecule has 0 saturated carbocycles. The number of nitrogens with two attached hydrogens (primary N) is 1. The number of aryl methyl sites for hydroxylation is 2. The minimum absolute atomic E-state index is 0.00454. The summed E-state index contributed by atoms with van der Waals surface area (Å²) in [6.07, 6.45) is 0. The fourth-order valence-corrected chi connectivity index (χ4v) is 1.89. The molecule has 0 heterocycles. The smallest absolute Gasteiger partial charge is 0.0624 e. The maximum atomic E-state index is 9.09. The number of hydrogen-bond acceptors (Lipinski definition) is 2. The zero-order valence-corrected chi connectivity index (χ0v) is 9.39. The number of aliphatic hydroxyl groups excluding tert-OH is 1. The summed E-state index contributed by atoms with van der Waals surface area (Å²) in [5, 5.41) is 9.09. The second-order valence-corrected chi connectivity index (χ2v) is 3.96. The van der Waals surface area contributed by atoms with Gasteiger partial charge >= 0.3 is 0 Å². The first-order chi connectivity index (χ1) is 6.49. The summed E-state index contributed by atoms with van der Waals surface area (Å²) in [4.78, 5) is 0. The molecule has 0 fully saturated rings. The van der Waals surface area contributed by atoms with Crippen LogP contribution in [0, 0.1) is 27.7 Å². The molecule has 0 aliphatic heterocycles. The molecule has 0 spiro atoms. The van der Waals surface area contributed by atoms with Crippen LogP contribution >= 0.6 is 0 Å². The number of benzene rings is 1. The van der Waals surface area contributed by atoms with Crippen molar-refractivity contribution < 1.29 is 5.11 Å². The van der Waals surface area contributed by atoms with Gasteiger partial charge in [-0.2, -0.15) is 0 Å². The van der Waals surface area contributed by atoms with Gasteiger partial charge in [0.05, 0.1) is 12.6 Å². The van der Waals surface area contributed by atoms with Gasteiger partial charge < -0.3 is 10.8 Å². The summed E-state index contributed by atoms with van der Waals surface area (Å²) in [7, 11) is 0. The summed E-state index contributed by atoms with van der Waals surface area (Å²) < 4.78 is 0. The van der Waals surface area contributed by atoms with Crippen molar-refractivity contribution in [3.63, 3.8) is 0 Å². The van der Waals surface area contributed by atoms with Gasteiger partial charge in [0, 0.05) is 0 Å². The number of hydrogen-bond donors (Lipinski definition) is 2. The first kappa shape index (κ1) is 11.2. The van der Waals surface area contributed by atoms with Crippen LogP contribution in [0.1, 0.15) is 33.9 Å². The van der Waals surface area contributed by atoms with E-state index in [1.807, 2.05) is 0 Å². The van der Waals surface area contributed by atoms with Gasteiger partial charge in [0.1, 0.15) is 0 Å². The molecule has 0 bridgehead atoms. The van der Waals surface area contributed by atoms with E-state index < -0.39 is 0 Å². The molecule has 0 aromatic heterocycles. The van der Waals surface area contributed by atoms with E-state index in [-0.39, 0.29) is 12.6 Å². The molecule has 0 amide bonds. The van der Waals surface area contributed by atoms with E-state index in [2.05, 4.69) is 33.8 Å². The highest BCUT2D eigenvalue weighted by Gasteiger charge is 2.13. The monoisotopic (exact) mass is 193 g/mol. The van der Waals surface area contributed by atoms with Crippen LogP contribution in [0.25, 0.3) is 0 Å². The Morgan fingerprint density at radius 2 is 1.57 bits per heavy atom. The molecule has 1 aromatic rings. The molecule has 3 N–H and O–H groups in total. The average molecular weight is 193 g/mol. The summed E-state index contributed by atoms with van der Waals surface area (Å²) in [5.41, 5.74) is 11.9. The van der Waals surface area contributed by atoms with Gasteiger partial charge in [0.25, 0.3) is 0 Å². The Labute approximate surface area is 85.8 Å². The highest BCUT2D eigenvalue weighted by Crippen LogP contribution is 2.25. The molecule has 1 atom stereocenters. The molecule has 2 nitrogen and oxygen atoms in total. The lowest BCUT2D eigenvalue weighted by Gasteiger charge is -2.19. The Kier molecular flexibility index (Phi) is 3.29. The normalized spacial score (nSPS) is 13.0. The Morgan fingerprint density at radius 1 is 1.14 bits per heavy atom. The molecule has 78 valence electrons. The third-order valence-electron chi connectivity index (χ3n) is 2.99. The highest BCUT2D eigenvalue weighted by atomic mass is 16.3. The third-order valence-corrected chi connectivity index (χ3v) is 2.99. The van der Waals surface area contributed by atoms with Gasteiger partial charge in [-0.25, -0.2) is 0 Å². The van der Waals surface area contributed by atoms with Gasteiger partial charge in [-0.15, -0.1) is 0 Å². The lowest BCUT2D eigenvalue weighted by molar-refractivity contribution is 0.267. The van der Waals surface area contributed by atoms with E-state index in [9.17, 15) is 0 Å². The Bertz CT molecular complexity index is 318. The van der Waals surface area contributed by atoms with Crippen molar-refractivity contribution in [3.8, 4) is 0 Å². The summed E-state index contributed by atoms with van der Waals surface area (Å²) in [6.45, 7) is 8.29. The standard InChI is InChI=1S/C12H19NO/c1-7-5-8(2)10(4)12(9(7)3)11(13)6-14/h5,11,14H,6,13H2,1-4H3. The van der Waals surface area contributed by atoms with Crippen LogP contribution in [0.15, 0.2) is 6.07 Å². The Balaban J connectivity index is 3.39. The first-order valence-electron chi connectivity index (χ1n) is 4.92. The Hall–Kier alpha value is -0.860. The largest absolute Gasteiger partial charge is 0.394 e. The maximum absolute atomic E-state index is 9.09. The van der Waals surface area contributed by atoms with E-state index in [0.29, 0.717) is 0 Å². The van der Waals surface area contributed by atoms with Gasteiger partial charge in [0.15, 0.2) is 0 Å². The molecule has 14 heavy (non-hydrogen) atoms. The van der Waals surface area contributed by atoms with E-state index in [4.69, 9.17) is 10.8 Å². The molecule has 1 aromatic carbocycles. The maximum Gasteiger partial charge on any atom is 0.0624 e. The lowest BCUT2D eigenvalue weighted by atomic mass is 9.90. The lowest BCUT2D eigenvalue weighted by Crippen LogP contribution is -2.18. The minimum Gasteiger partial charge on any atom is -0.394 e. The molecule has 1 unspecified atom stereocenters. The molecule has 1 rings (SSSR count). The van der Waals surface area contributed by atoms with Crippen molar-refractivity contribution >= 4 is 0 Å². The number of rotatable bonds is 2. The first-order valence-corrected chi connectivity index (χ1v) is 4.92. The number of aliphatic hydroxyl groups is 1.